The third-order valence-corrected chi connectivity index (χ3v) is 6.05. The zero-order valence-corrected chi connectivity index (χ0v) is 18.8. The van der Waals surface area contributed by atoms with Crippen molar-refractivity contribution in [3.63, 3.8) is 0 Å². The number of benzene rings is 2. The van der Waals surface area contributed by atoms with Gasteiger partial charge in [-0.25, -0.2) is 4.98 Å². The Morgan fingerprint density at radius 2 is 1.78 bits per heavy atom. The van der Waals surface area contributed by atoms with E-state index >= 15 is 0 Å². The summed E-state index contributed by atoms with van der Waals surface area (Å²) < 4.78 is 5.82. The predicted molar refractivity (Wildman–Crippen MR) is 126 cm³/mol. The summed E-state index contributed by atoms with van der Waals surface area (Å²) in [6.07, 6.45) is 3.38. The maximum absolute atomic E-state index is 12.6. The molecule has 0 bridgehead atoms. The van der Waals surface area contributed by atoms with Crippen molar-refractivity contribution in [3.05, 3.63) is 87.9 Å². The first-order valence-corrected chi connectivity index (χ1v) is 11.4. The number of hydrogen-bond donors (Lipinski definition) is 0. The molecule has 1 saturated heterocycles. The Hall–Kier alpha value is -3.45. The fraction of sp³-hybridized carbons (Fsp3) is 0.240. The van der Waals surface area contributed by atoms with Gasteiger partial charge in [0.1, 0.15) is 12.4 Å². The van der Waals surface area contributed by atoms with Crippen LogP contribution in [-0.4, -0.2) is 52.8 Å². The molecule has 2 heterocycles. The SMILES string of the molecule is Cc1nc(COc2cccc(/C=C/C(=O)N3CCN(C(=O)c4ccccc4)CC3)c2)cs1. The third-order valence-electron chi connectivity index (χ3n) is 5.23. The Labute approximate surface area is 191 Å². The maximum atomic E-state index is 12.6. The molecule has 1 fully saturated rings. The van der Waals surface area contributed by atoms with Crippen molar-refractivity contribution in [1.29, 1.82) is 0 Å². The number of aryl methyl sites for hydroxylation is 1. The average Bonchev–Trinajstić information content (AvgIpc) is 3.27. The minimum atomic E-state index is -0.0546. The smallest absolute Gasteiger partial charge is 0.253 e. The predicted octanol–water partition coefficient (Wildman–Crippen LogP) is 4.03. The lowest BCUT2D eigenvalue weighted by molar-refractivity contribution is -0.127. The van der Waals surface area contributed by atoms with Gasteiger partial charge in [-0.2, -0.15) is 0 Å². The van der Waals surface area contributed by atoms with Gasteiger partial charge >= 0.3 is 0 Å². The number of carbonyl (C=O) groups is 2. The van der Waals surface area contributed by atoms with Crippen LogP contribution in [0.5, 0.6) is 5.75 Å². The molecule has 3 aromatic rings. The number of carbonyl (C=O) groups excluding carboxylic acids is 2. The van der Waals surface area contributed by atoms with E-state index in [0.29, 0.717) is 38.3 Å². The van der Waals surface area contributed by atoms with Crippen molar-refractivity contribution in [3.8, 4) is 5.75 Å². The molecular weight excluding hydrogens is 422 g/mol. The van der Waals surface area contributed by atoms with E-state index in [1.165, 1.54) is 0 Å². The van der Waals surface area contributed by atoms with Crippen molar-refractivity contribution < 1.29 is 14.3 Å². The molecule has 0 spiro atoms. The second kappa shape index (κ2) is 10.2. The molecule has 164 valence electrons. The molecule has 0 N–H and O–H groups in total. The number of aromatic nitrogens is 1. The molecule has 2 aromatic carbocycles. The van der Waals surface area contributed by atoms with E-state index in [9.17, 15) is 9.59 Å². The summed E-state index contributed by atoms with van der Waals surface area (Å²) in [4.78, 5) is 33.1. The van der Waals surface area contributed by atoms with Crippen molar-refractivity contribution >= 4 is 29.2 Å². The topological polar surface area (TPSA) is 62.7 Å². The number of hydrogen-bond acceptors (Lipinski definition) is 5. The van der Waals surface area contributed by atoms with Crippen LogP contribution in [-0.2, 0) is 11.4 Å². The highest BCUT2D eigenvalue weighted by atomic mass is 32.1. The summed E-state index contributed by atoms with van der Waals surface area (Å²) >= 11 is 1.60. The van der Waals surface area contributed by atoms with Gasteiger partial charge in [-0.05, 0) is 42.8 Å². The van der Waals surface area contributed by atoms with E-state index in [0.717, 1.165) is 22.0 Å². The summed E-state index contributed by atoms with van der Waals surface area (Å²) in [5, 5.41) is 3.01. The number of piperazine rings is 1. The molecule has 0 atom stereocenters. The molecule has 1 aromatic heterocycles. The Balaban J connectivity index is 1.28. The Morgan fingerprint density at radius 1 is 1.03 bits per heavy atom. The molecular formula is C25H25N3O3S. The van der Waals surface area contributed by atoms with Crippen LogP contribution in [0.1, 0.15) is 26.6 Å². The van der Waals surface area contributed by atoms with E-state index in [4.69, 9.17) is 4.74 Å². The third kappa shape index (κ3) is 5.62. The van der Waals surface area contributed by atoms with Gasteiger partial charge in [0.15, 0.2) is 0 Å². The molecule has 6 nitrogen and oxygen atoms in total. The highest BCUT2D eigenvalue weighted by Gasteiger charge is 2.23. The first-order valence-electron chi connectivity index (χ1n) is 10.5. The number of thiazole rings is 1. The average molecular weight is 448 g/mol. The largest absolute Gasteiger partial charge is 0.487 e. The molecule has 0 saturated carbocycles. The van der Waals surface area contributed by atoms with Crippen LogP contribution in [0.3, 0.4) is 0 Å². The fourth-order valence-corrected chi connectivity index (χ4v) is 4.10. The fourth-order valence-electron chi connectivity index (χ4n) is 3.51. The van der Waals surface area contributed by atoms with Crippen LogP contribution in [0.25, 0.3) is 6.08 Å². The van der Waals surface area contributed by atoms with Crippen molar-refractivity contribution in [1.82, 2.24) is 14.8 Å². The Kier molecular flexibility index (Phi) is 6.97. The first kappa shape index (κ1) is 21.8. The van der Waals surface area contributed by atoms with Gasteiger partial charge in [-0.3, -0.25) is 9.59 Å². The lowest BCUT2D eigenvalue weighted by atomic mass is 10.1. The highest BCUT2D eigenvalue weighted by molar-refractivity contribution is 7.09. The van der Waals surface area contributed by atoms with Crippen LogP contribution >= 0.6 is 11.3 Å². The summed E-state index contributed by atoms with van der Waals surface area (Å²) in [5.74, 6) is 0.692. The van der Waals surface area contributed by atoms with Gasteiger partial charge < -0.3 is 14.5 Å². The summed E-state index contributed by atoms with van der Waals surface area (Å²) in [7, 11) is 0. The van der Waals surface area contributed by atoms with Gasteiger partial charge in [-0.15, -0.1) is 11.3 Å². The van der Waals surface area contributed by atoms with Crippen LogP contribution in [0.2, 0.25) is 0 Å². The number of rotatable bonds is 6. The molecule has 1 aliphatic rings. The van der Waals surface area contributed by atoms with E-state index < -0.39 is 0 Å². The maximum Gasteiger partial charge on any atom is 0.253 e. The zero-order valence-electron chi connectivity index (χ0n) is 17.9. The molecule has 32 heavy (non-hydrogen) atoms. The van der Waals surface area contributed by atoms with Crippen LogP contribution in [0.15, 0.2) is 66.1 Å². The quantitative estimate of drug-likeness (QED) is 0.536. The second-order valence-electron chi connectivity index (χ2n) is 7.54. The molecule has 2 amide bonds. The van der Waals surface area contributed by atoms with Crippen LogP contribution in [0, 0.1) is 6.92 Å². The van der Waals surface area contributed by atoms with Crippen LogP contribution < -0.4 is 4.74 Å². The zero-order chi connectivity index (χ0) is 22.3. The van der Waals surface area contributed by atoms with Crippen LogP contribution in [0.4, 0.5) is 0 Å². The number of ether oxygens (including phenoxy) is 1. The van der Waals surface area contributed by atoms with Gasteiger partial charge in [0, 0.05) is 43.2 Å². The molecule has 0 aliphatic carbocycles. The van der Waals surface area contributed by atoms with Gasteiger partial charge in [0.2, 0.25) is 5.91 Å². The summed E-state index contributed by atoms with van der Waals surface area (Å²) in [6.45, 7) is 4.51. The lowest BCUT2D eigenvalue weighted by Gasteiger charge is -2.34. The van der Waals surface area contributed by atoms with Gasteiger partial charge in [0.05, 0.1) is 10.7 Å². The lowest BCUT2D eigenvalue weighted by Crippen LogP contribution is -2.50. The van der Waals surface area contributed by atoms with Gasteiger partial charge in [0.25, 0.3) is 5.91 Å². The van der Waals surface area contributed by atoms with E-state index in [2.05, 4.69) is 4.98 Å². The molecule has 0 unspecified atom stereocenters. The van der Waals surface area contributed by atoms with Gasteiger partial charge in [-0.1, -0.05) is 30.3 Å². The minimum absolute atomic E-state index is 0.0119. The van der Waals surface area contributed by atoms with E-state index in [1.807, 2.05) is 66.9 Å². The summed E-state index contributed by atoms with van der Waals surface area (Å²) in [5.41, 5.74) is 2.48. The monoisotopic (exact) mass is 447 g/mol. The number of nitrogens with zero attached hydrogens (tertiary/aromatic N) is 3. The second-order valence-corrected chi connectivity index (χ2v) is 8.60. The Morgan fingerprint density at radius 3 is 2.50 bits per heavy atom. The number of amides is 2. The Bertz CT molecular complexity index is 1100. The van der Waals surface area contributed by atoms with Crippen molar-refractivity contribution in [2.75, 3.05) is 26.2 Å². The van der Waals surface area contributed by atoms with E-state index in [-0.39, 0.29) is 11.8 Å². The molecule has 0 radical (unpaired) electrons. The summed E-state index contributed by atoms with van der Waals surface area (Å²) in [6, 6.07) is 16.9. The highest BCUT2D eigenvalue weighted by Crippen LogP contribution is 2.17. The van der Waals surface area contributed by atoms with Crippen molar-refractivity contribution in [2.45, 2.75) is 13.5 Å². The normalized spacial score (nSPS) is 14.0. The first-order chi connectivity index (χ1) is 15.6. The molecule has 4 rings (SSSR count). The van der Waals surface area contributed by atoms with E-state index in [1.54, 1.807) is 33.3 Å². The van der Waals surface area contributed by atoms with Crippen molar-refractivity contribution in [2.24, 2.45) is 0 Å². The minimum Gasteiger partial charge on any atom is -0.487 e. The molecule has 7 heteroatoms. The standard InChI is InChI=1S/C25H25N3O3S/c1-19-26-22(18-32-19)17-31-23-9-5-6-20(16-23)10-11-24(29)27-12-14-28(15-13-27)25(30)21-7-3-2-4-8-21/h2-11,16,18H,12-15,17H2,1H3/b11-10+. The molecule has 1 aliphatic heterocycles.